The fraction of sp³-hybridized carbons (Fsp3) is 0.278. The molecule has 0 atom stereocenters. The first-order valence-corrected chi connectivity index (χ1v) is 7.47. The summed E-state index contributed by atoms with van der Waals surface area (Å²) >= 11 is 0. The van der Waals surface area contributed by atoms with Crippen molar-refractivity contribution < 1.29 is 19.0 Å². The molecule has 0 radical (unpaired) electrons. The monoisotopic (exact) mass is 330 g/mol. The maximum absolute atomic E-state index is 12.1. The molecule has 0 unspecified atom stereocenters. The van der Waals surface area contributed by atoms with Gasteiger partial charge in [-0.05, 0) is 42.3 Å². The predicted octanol–water partition coefficient (Wildman–Crippen LogP) is 3.34. The Morgan fingerprint density at radius 1 is 0.917 bits per heavy atom. The smallest absolute Gasteiger partial charge is 0.319 e. The molecule has 0 saturated carbocycles. The summed E-state index contributed by atoms with van der Waals surface area (Å²) in [4.78, 5) is 12.1. The third-order valence-corrected chi connectivity index (χ3v) is 3.50. The molecule has 0 saturated heterocycles. The van der Waals surface area contributed by atoms with Gasteiger partial charge in [-0.1, -0.05) is 12.1 Å². The lowest BCUT2D eigenvalue weighted by atomic mass is 10.2. The molecule has 24 heavy (non-hydrogen) atoms. The first kappa shape index (κ1) is 17.5. The molecule has 6 nitrogen and oxygen atoms in total. The molecule has 2 N–H and O–H groups in total. The van der Waals surface area contributed by atoms with Crippen molar-refractivity contribution in [3.05, 3.63) is 47.5 Å². The summed E-state index contributed by atoms with van der Waals surface area (Å²) in [7, 11) is 4.72. The van der Waals surface area contributed by atoms with Crippen LogP contribution in [0.25, 0.3) is 0 Å². The van der Waals surface area contributed by atoms with Gasteiger partial charge in [0.2, 0.25) is 0 Å². The highest BCUT2D eigenvalue weighted by atomic mass is 16.5. The fourth-order valence-electron chi connectivity index (χ4n) is 2.26. The third-order valence-electron chi connectivity index (χ3n) is 3.50. The maximum atomic E-state index is 12.1. The quantitative estimate of drug-likeness (QED) is 0.852. The molecule has 0 aromatic heterocycles. The summed E-state index contributed by atoms with van der Waals surface area (Å²) in [6.07, 6.45) is 0. The molecule has 6 heteroatoms. The molecule has 0 aliphatic rings. The number of carbonyl (C=O) groups excluding carboxylic acids is 1. The van der Waals surface area contributed by atoms with Gasteiger partial charge < -0.3 is 24.8 Å². The molecule has 0 bridgehead atoms. The summed E-state index contributed by atoms with van der Waals surface area (Å²) < 4.78 is 15.7. The van der Waals surface area contributed by atoms with Crippen molar-refractivity contribution >= 4 is 11.7 Å². The number of hydrogen-bond acceptors (Lipinski definition) is 4. The highest BCUT2D eigenvalue weighted by Crippen LogP contribution is 2.27. The minimum absolute atomic E-state index is 0.311. The zero-order valence-electron chi connectivity index (χ0n) is 14.3. The van der Waals surface area contributed by atoms with E-state index >= 15 is 0 Å². The van der Waals surface area contributed by atoms with Crippen LogP contribution in [0.1, 0.15) is 11.1 Å². The van der Waals surface area contributed by atoms with Crippen molar-refractivity contribution in [2.75, 3.05) is 26.6 Å². The summed E-state index contributed by atoms with van der Waals surface area (Å²) in [5, 5.41) is 5.60. The van der Waals surface area contributed by atoms with E-state index in [1.165, 1.54) is 0 Å². The van der Waals surface area contributed by atoms with E-state index in [1.54, 1.807) is 27.4 Å². The second-order valence-electron chi connectivity index (χ2n) is 5.20. The van der Waals surface area contributed by atoms with Crippen LogP contribution in [0.4, 0.5) is 10.5 Å². The Morgan fingerprint density at radius 3 is 2.25 bits per heavy atom. The fourth-order valence-corrected chi connectivity index (χ4v) is 2.26. The largest absolute Gasteiger partial charge is 0.495 e. The van der Waals surface area contributed by atoms with E-state index in [2.05, 4.69) is 10.6 Å². The van der Waals surface area contributed by atoms with Crippen molar-refractivity contribution in [3.8, 4) is 17.2 Å². The van der Waals surface area contributed by atoms with Gasteiger partial charge >= 0.3 is 6.03 Å². The minimum atomic E-state index is -0.311. The Morgan fingerprint density at radius 2 is 1.58 bits per heavy atom. The lowest BCUT2D eigenvalue weighted by Gasteiger charge is -2.13. The van der Waals surface area contributed by atoms with Crippen LogP contribution in [0.2, 0.25) is 0 Å². The Hall–Kier alpha value is -2.89. The van der Waals surface area contributed by atoms with Crippen molar-refractivity contribution in [1.82, 2.24) is 5.32 Å². The van der Waals surface area contributed by atoms with E-state index in [0.717, 1.165) is 11.1 Å². The van der Waals surface area contributed by atoms with Gasteiger partial charge in [0.25, 0.3) is 0 Å². The summed E-state index contributed by atoms with van der Waals surface area (Å²) in [5.41, 5.74) is 2.56. The van der Waals surface area contributed by atoms with Crippen molar-refractivity contribution in [2.24, 2.45) is 0 Å². The van der Waals surface area contributed by atoms with Crippen LogP contribution < -0.4 is 24.8 Å². The number of hydrogen-bond donors (Lipinski definition) is 2. The molecular weight excluding hydrogens is 308 g/mol. The molecule has 0 heterocycles. The van der Waals surface area contributed by atoms with Crippen LogP contribution in [0.5, 0.6) is 17.2 Å². The lowest BCUT2D eigenvalue weighted by molar-refractivity contribution is 0.251. The highest BCUT2D eigenvalue weighted by molar-refractivity contribution is 5.91. The maximum Gasteiger partial charge on any atom is 0.319 e. The Bertz CT molecular complexity index is 716. The van der Waals surface area contributed by atoms with Gasteiger partial charge in [-0.25, -0.2) is 4.79 Å². The van der Waals surface area contributed by atoms with Gasteiger partial charge in [-0.2, -0.15) is 0 Å². The van der Waals surface area contributed by atoms with E-state index in [-0.39, 0.29) is 6.03 Å². The van der Waals surface area contributed by atoms with Gasteiger partial charge in [0.1, 0.15) is 5.75 Å². The normalized spacial score (nSPS) is 10.0. The molecular formula is C18H22N2O4. The first-order valence-electron chi connectivity index (χ1n) is 7.47. The Labute approximate surface area is 141 Å². The number of anilines is 1. The SMILES string of the molecule is COc1ccc(C)cc1NC(=O)NCc1ccc(OC)c(OC)c1. The van der Waals surface area contributed by atoms with Crippen LogP contribution in [0.15, 0.2) is 36.4 Å². The van der Waals surface area contributed by atoms with Crippen LogP contribution in [0.3, 0.4) is 0 Å². The Balaban J connectivity index is 2.00. The highest BCUT2D eigenvalue weighted by Gasteiger charge is 2.09. The van der Waals surface area contributed by atoms with Crippen molar-refractivity contribution in [3.63, 3.8) is 0 Å². The van der Waals surface area contributed by atoms with E-state index in [1.807, 2.05) is 37.3 Å². The summed E-state index contributed by atoms with van der Waals surface area (Å²) in [5.74, 6) is 1.88. The summed E-state index contributed by atoms with van der Waals surface area (Å²) in [6, 6.07) is 10.8. The van der Waals surface area contributed by atoms with E-state index in [0.29, 0.717) is 29.5 Å². The Kier molecular flexibility index (Phi) is 5.89. The van der Waals surface area contributed by atoms with E-state index < -0.39 is 0 Å². The minimum Gasteiger partial charge on any atom is -0.495 e. The van der Waals surface area contributed by atoms with E-state index in [9.17, 15) is 4.79 Å². The molecule has 0 fully saturated rings. The van der Waals surface area contributed by atoms with Crippen LogP contribution in [-0.2, 0) is 6.54 Å². The van der Waals surface area contributed by atoms with Gasteiger partial charge in [-0.15, -0.1) is 0 Å². The second-order valence-corrected chi connectivity index (χ2v) is 5.20. The molecule has 0 aliphatic heterocycles. The summed E-state index contributed by atoms with van der Waals surface area (Å²) in [6.45, 7) is 2.31. The molecule has 2 aromatic carbocycles. The number of ether oxygens (including phenoxy) is 3. The molecule has 2 aromatic rings. The third kappa shape index (κ3) is 4.32. The van der Waals surface area contributed by atoms with Gasteiger partial charge in [-0.3, -0.25) is 0 Å². The predicted molar refractivity (Wildman–Crippen MR) is 93.1 cm³/mol. The lowest BCUT2D eigenvalue weighted by Crippen LogP contribution is -2.28. The first-order chi connectivity index (χ1) is 11.6. The molecule has 128 valence electrons. The van der Waals surface area contributed by atoms with Crippen LogP contribution >= 0.6 is 0 Å². The zero-order chi connectivity index (χ0) is 17.5. The number of carbonyl (C=O) groups is 1. The number of nitrogens with one attached hydrogen (secondary N) is 2. The topological polar surface area (TPSA) is 68.8 Å². The number of rotatable bonds is 6. The van der Waals surface area contributed by atoms with Crippen molar-refractivity contribution in [2.45, 2.75) is 13.5 Å². The molecule has 0 spiro atoms. The molecule has 2 rings (SSSR count). The van der Waals surface area contributed by atoms with E-state index in [4.69, 9.17) is 14.2 Å². The second kappa shape index (κ2) is 8.10. The van der Waals surface area contributed by atoms with Gasteiger partial charge in [0.15, 0.2) is 11.5 Å². The zero-order valence-corrected chi connectivity index (χ0v) is 14.3. The molecule has 0 aliphatic carbocycles. The number of benzene rings is 2. The standard InChI is InChI=1S/C18H22N2O4/c1-12-5-7-15(22-2)14(9-12)20-18(21)19-11-13-6-8-16(23-3)17(10-13)24-4/h5-10H,11H2,1-4H3,(H2,19,20,21). The molecule has 2 amide bonds. The van der Waals surface area contributed by atoms with Crippen LogP contribution in [-0.4, -0.2) is 27.4 Å². The average Bonchev–Trinajstić information content (AvgIpc) is 2.59. The number of amides is 2. The number of methoxy groups -OCH3 is 3. The van der Waals surface area contributed by atoms with Gasteiger partial charge in [0.05, 0.1) is 27.0 Å². The number of aryl methyl sites for hydroxylation is 1. The average molecular weight is 330 g/mol. The van der Waals surface area contributed by atoms with Gasteiger partial charge in [0, 0.05) is 6.54 Å². The van der Waals surface area contributed by atoms with Crippen molar-refractivity contribution in [1.29, 1.82) is 0 Å². The van der Waals surface area contributed by atoms with Crippen LogP contribution in [0, 0.1) is 6.92 Å². The number of urea groups is 1.